The number of hydrogen-bond acceptors (Lipinski definition) is 7. The van der Waals surface area contributed by atoms with Gasteiger partial charge in [0.25, 0.3) is 21.8 Å². The first-order valence-electron chi connectivity index (χ1n) is 16.2. The number of carbonyl (C=O) groups is 4. The number of para-hydroxylation sites is 1. The number of fused-ring (bicyclic) bond motifs is 1. The molecule has 5 aromatic rings. The fraction of sp³-hybridized carbons (Fsp3) is 0.128. The fourth-order valence-electron chi connectivity index (χ4n) is 6.26. The molecule has 11 nitrogen and oxygen atoms in total. The molecule has 0 saturated heterocycles. The summed E-state index contributed by atoms with van der Waals surface area (Å²) in [5, 5.41) is 20.2. The molecule has 0 spiro atoms. The van der Waals surface area contributed by atoms with Gasteiger partial charge in [0.05, 0.1) is 33.2 Å². The molecule has 0 fully saturated rings. The number of amides is 2. The van der Waals surface area contributed by atoms with Gasteiger partial charge >= 0.3 is 11.9 Å². The number of carbonyl (C=O) groups excluding carboxylic acids is 2. The molecule has 1 aliphatic rings. The van der Waals surface area contributed by atoms with Crippen LogP contribution in [0.1, 0.15) is 77.0 Å². The van der Waals surface area contributed by atoms with Gasteiger partial charge in [-0.05, 0) is 90.6 Å². The number of benzene rings is 5. The van der Waals surface area contributed by atoms with E-state index in [1.54, 1.807) is 41.1 Å². The number of carboxylic acid groups (broad SMARTS) is 2. The largest absolute Gasteiger partial charge is 0.478 e. The Bertz CT molecular complexity index is 2370. The number of rotatable bonds is 11. The van der Waals surface area contributed by atoms with Crippen LogP contribution in [-0.2, 0) is 23.0 Å². The molecule has 0 bridgehead atoms. The van der Waals surface area contributed by atoms with Crippen LogP contribution in [0.4, 0.5) is 8.78 Å². The summed E-state index contributed by atoms with van der Waals surface area (Å²) in [5.74, 6) is -7.76. The molecule has 14 heteroatoms. The van der Waals surface area contributed by atoms with Crippen molar-refractivity contribution in [2.45, 2.75) is 36.7 Å². The SMILES string of the molecule is O=C(O)c1cc(C(=O)O)c(C(=O)N(Cc2cccc(Oc3ccccc3)c2)[C@H]2CCCc3ccccc32)cc1C(=O)NS(=O)(=O)c1ccc(F)c(F)c1. The van der Waals surface area contributed by atoms with E-state index < -0.39 is 78.6 Å². The second kappa shape index (κ2) is 15.1. The van der Waals surface area contributed by atoms with Gasteiger partial charge in [0.1, 0.15) is 11.5 Å². The molecule has 3 N–H and O–H groups in total. The summed E-state index contributed by atoms with van der Waals surface area (Å²) >= 11 is 0. The highest BCUT2D eigenvalue weighted by atomic mass is 32.2. The molecule has 2 amide bonds. The number of aromatic carboxylic acids is 2. The molecule has 1 aliphatic carbocycles. The van der Waals surface area contributed by atoms with Crippen LogP contribution in [0.5, 0.6) is 11.5 Å². The van der Waals surface area contributed by atoms with Crippen molar-refractivity contribution in [3.63, 3.8) is 0 Å². The monoisotopic (exact) mass is 740 g/mol. The molecule has 6 rings (SSSR count). The van der Waals surface area contributed by atoms with Crippen molar-refractivity contribution in [2.24, 2.45) is 0 Å². The maximum absolute atomic E-state index is 14.7. The van der Waals surface area contributed by atoms with Crippen molar-refractivity contribution in [2.75, 3.05) is 0 Å². The standard InChI is InChI=1S/C39H30F2N2O9S/c40-33-17-16-27(19-34(33)41)53(50,51)42-36(44)29-20-30(32(39(48)49)21-31(29)38(46)47)37(45)43(35-15-7-10-24-9-4-5-14-28(24)35)22-23-8-6-13-26(18-23)52-25-11-2-1-3-12-25/h1-6,8-9,11-14,16-21,35H,7,10,15,22H2,(H,42,44)(H,46,47)(H,48,49)/t35-/m0/s1. The predicted octanol–water partition coefficient (Wildman–Crippen LogP) is 6.99. The van der Waals surface area contributed by atoms with Gasteiger partial charge in [0.15, 0.2) is 11.6 Å². The van der Waals surface area contributed by atoms with Gasteiger partial charge < -0.3 is 19.8 Å². The summed E-state index contributed by atoms with van der Waals surface area (Å²) in [6, 6.07) is 25.7. The second-order valence-electron chi connectivity index (χ2n) is 12.2. The van der Waals surface area contributed by atoms with Gasteiger partial charge in [-0.3, -0.25) is 9.59 Å². The first-order valence-corrected chi connectivity index (χ1v) is 17.7. The Morgan fingerprint density at radius 3 is 2.11 bits per heavy atom. The van der Waals surface area contributed by atoms with Gasteiger partial charge in [-0.15, -0.1) is 0 Å². The lowest BCUT2D eigenvalue weighted by molar-refractivity contribution is 0.0613. The fourth-order valence-corrected chi connectivity index (χ4v) is 7.23. The van der Waals surface area contributed by atoms with Gasteiger partial charge in [-0.2, -0.15) is 0 Å². The molecule has 1 atom stereocenters. The van der Waals surface area contributed by atoms with E-state index in [-0.39, 0.29) is 6.54 Å². The van der Waals surface area contributed by atoms with E-state index in [4.69, 9.17) is 4.74 Å². The number of nitrogens with zero attached hydrogens (tertiary/aromatic N) is 1. The van der Waals surface area contributed by atoms with E-state index in [9.17, 15) is 46.6 Å². The molecular weight excluding hydrogens is 710 g/mol. The summed E-state index contributed by atoms with van der Waals surface area (Å²) in [5.41, 5.74) is -0.718. The van der Waals surface area contributed by atoms with E-state index in [1.807, 2.05) is 42.5 Å². The summed E-state index contributed by atoms with van der Waals surface area (Å²) < 4.78 is 60.9. The molecule has 0 radical (unpaired) electrons. The minimum absolute atomic E-state index is 0.0738. The van der Waals surface area contributed by atoms with Gasteiger partial charge in [-0.25, -0.2) is 31.5 Å². The Morgan fingerprint density at radius 1 is 0.736 bits per heavy atom. The van der Waals surface area contributed by atoms with E-state index in [0.29, 0.717) is 54.2 Å². The maximum atomic E-state index is 14.7. The van der Waals surface area contributed by atoms with Crippen LogP contribution in [0.2, 0.25) is 0 Å². The molecule has 5 aromatic carbocycles. The van der Waals surface area contributed by atoms with Crippen LogP contribution in [0.3, 0.4) is 0 Å². The van der Waals surface area contributed by atoms with E-state index in [0.717, 1.165) is 23.6 Å². The van der Waals surface area contributed by atoms with Crippen molar-refractivity contribution in [3.05, 3.63) is 160 Å². The number of sulfonamides is 1. The van der Waals surface area contributed by atoms with Crippen LogP contribution in [0.15, 0.2) is 114 Å². The van der Waals surface area contributed by atoms with E-state index >= 15 is 0 Å². The third-order valence-corrected chi connectivity index (χ3v) is 10.1. The first kappa shape index (κ1) is 36.4. The number of halogens is 2. The average Bonchev–Trinajstić information content (AvgIpc) is 3.14. The van der Waals surface area contributed by atoms with Gasteiger partial charge in [0.2, 0.25) is 0 Å². The molecule has 270 valence electrons. The Labute approximate surface area is 302 Å². The average molecular weight is 741 g/mol. The smallest absolute Gasteiger partial charge is 0.336 e. The lowest BCUT2D eigenvalue weighted by Crippen LogP contribution is -2.38. The number of hydrogen-bond donors (Lipinski definition) is 3. The summed E-state index contributed by atoms with van der Waals surface area (Å²) in [4.78, 5) is 53.7. The molecule has 0 heterocycles. The molecule has 0 unspecified atom stereocenters. The predicted molar refractivity (Wildman–Crippen MR) is 186 cm³/mol. The molecule has 0 aromatic heterocycles. The molecular formula is C39H30F2N2O9S. The van der Waals surface area contributed by atoms with E-state index in [2.05, 4.69) is 0 Å². The Kier molecular flexibility index (Phi) is 10.3. The van der Waals surface area contributed by atoms with Gasteiger partial charge in [-0.1, -0.05) is 54.6 Å². The number of nitrogens with one attached hydrogen (secondary N) is 1. The van der Waals surface area contributed by atoms with Crippen molar-refractivity contribution < 1.29 is 51.3 Å². The summed E-state index contributed by atoms with van der Waals surface area (Å²) in [6.45, 7) is -0.0738. The maximum Gasteiger partial charge on any atom is 0.336 e. The number of ether oxygens (including phenoxy) is 1. The Morgan fingerprint density at radius 2 is 1.40 bits per heavy atom. The van der Waals surface area contributed by atoms with Crippen LogP contribution >= 0.6 is 0 Å². The molecule has 0 aliphatic heterocycles. The third kappa shape index (κ3) is 7.92. The minimum atomic E-state index is -4.91. The lowest BCUT2D eigenvalue weighted by atomic mass is 9.86. The van der Waals surface area contributed by atoms with Crippen molar-refractivity contribution in [3.8, 4) is 11.5 Å². The normalized spacial score (nSPS) is 13.7. The van der Waals surface area contributed by atoms with Crippen LogP contribution in [0.25, 0.3) is 0 Å². The van der Waals surface area contributed by atoms with Crippen LogP contribution in [-0.4, -0.2) is 47.3 Å². The number of carboxylic acids is 2. The highest BCUT2D eigenvalue weighted by Crippen LogP contribution is 2.37. The second-order valence-corrected chi connectivity index (χ2v) is 13.8. The van der Waals surface area contributed by atoms with Crippen molar-refractivity contribution in [1.29, 1.82) is 0 Å². The first-order chi connectivity index (χ1) is 25.3. The number of aryl methyl sites for hydroxylation is 1. The zero-order valence-electron chi connectivity index (χ0n) is 27.7. The lowest BCUT2D eigenvalue weighted by Gasteiger charge is -2.36. The minimum Gasteiger partial charge on any atom is -0.478 e. The molecule has 0 saturated carbocycles. The van der Waals surface area contributed by atoms with E-state index in [1.165, 1.54) is 4.90 Å². The Balaban J connectivity index is 1.44. The van der Waals surface area contributed by atoms with Crippen molar-refractivity contribution >= 4 is 33.8 Å². The molecule has 53 heavy (non-hydrogen) atoms. The highest BCUT2D eigenvalue weighted by Gasteiger charge is 2.34. The zero-order chi connectivity index (χ0) is 37.9. The van der Waals surface area contributed by atoms with Crippen LogP contribution in [0, 0.1) is 11.6 Å². The Hall–Kier alpha value is -6.41. The van der Waals surface area contributed by atoms with Crippen LogP contribution < -0.4 is 9.46 Å². The third-order valence-electron chi connectivity index (χ3n) is 8.73. The topological polar surface area (TPSA) is 167 Å². The highest BCUT2D eigenvalue weighted by molar-refractivity contribution is 7.90. The van der Waals surface area contributed by atoms with Crippen molar-refractivity contribution in [1.82, 2.24) is 9.62 Å². The quantitative estimate of drug-likeness (QED) is 0.129. The van der Waals surface area contributed by atoms with Gasteiger partial charge in [0, 0.05) is 6.54 Å². The zero-order valence-corrected chi connectivity index (χ0v) is 28.5. The summed E-state index contributed by atoms with van der Waals surface area (Å²) in [6.07, 6.45) is 1.90. The summed E-state index contributed by atoms with van der Waals surface area (Å²) in [7, 11) is -4.91.